The number of benzene rings is 1. The van der Waals surface area contributed by atoms with Crippen LogP contribution < -0.4 is 5.73 Å². The lowest BCUT2D eigenvalue weighted by Crippen LogP contribution is -2.14. The maximum absolute atomic E-state index is 13.2. The Balaban J connectivity index is 3.04. The highest BCUT2D eigenvalue weighted by molar-refractivity contribution is 5.95. The van der Waals surface area contributed by atoms with Crippen LogP contribution >= 0.6 is 0 Å². The van der Waals surface area contributed by atoms with Crippen LogP contribution in [0.15, 0.2) is 12.1 Å². The van der Waals surface area contributed by atoms with Crippen molar-refractivity contribution in [2.24, 2.45) is 0 Å². The Kier molecular flexibility index (Phi) is 3.29. The lowest BCUT2D eigenvalue weighted by Gasteiger charge is -2.10. The normalized spacial score (nSPS) is 10.5. The second kappa shape index (κ2) is 4.29. The molecule has 1 rings (SSSR count). The number of esters is 1. The van der Waals surface area contributed by atoms with E-state index in [2.05, 4.69) is 0 Å². The summed E-state index contributed by atoms with van der Waals surface area (Å²) in [4.78, 5) is 11.5. The molecule has 0 heterocycles. The first kappa shape index (κ1) is 11.5. The molecule has 0 aromatic heterocycles. The molecule has 0 aliphatic rings. The van der Waals surface area contributed by atoms with Gasteiger partial charge in [0.15, 0.2) is 0 Å². The van der Waals surface area contributed by atoms with Crippen LogP contribution in [0.4, 0.5) is 10.1 Å². The first-order chi connectivity index (χ1) is 6.91. The van der Waals surface area contributed by atoms with Crippen LogP contribution in [-0.2, 0) is 4.74 Å². The van der Waals surface area contributed by atoms with E-state index in [9.17, 15) is 9.18 Å². The summed E-state index contributed by atoms with van der Waals surface area (Å²) < 4.78 is 18.1. The number of anilines is 1. The first-order valence-electron chi connectivity index (χ1n) is 4.68. The van der Waals surface area contributed by atoms with Crippen LogP contribution in [0.1, 0.15) is 29.8 Å². The summed E-state index contributed by atoms with van der Waals surface area (Å²) in [5.41, 5.74) is 6.32. The molecule has 0 radical (unpaired) electrons. The predicted octanol–water partition coefficient (Wildman–Crippen LogP) is 2.28. The van der Waals surface area contributed by atoms with E-state index >= 15 is 0 Å². The molecule has 15 heavy (non-hydrogen) atoms. The van der Waals surface area contributed by atoms with Crippen molar-refractivity contribution in [3.8, 4) is 0 Å². The topological polar surface area (TPSA) is 52.3 Å². The molecule has 0 aliphatic heterocycles. The monoisotopic (exact) mass is 211 g/mol. The fourth-order valence-corrected chi connectivity index (χ4v) is 1.16. The molecule has 4 heteroatoms. The van der Waals surface area contributed by atoms with Gasteiger partial charge in [0.2, 0.25) is 0 Å². The van der Waals surface area contributed by atoms with Gasteiger partial charge in [0.25, 0.3) is 0 Å². The highest BCUT2D eigenvalue weighted by atomic mass is 19.1. The molecule has 1 aromatic rings. The Bertz CT molecular complexity index is 388. The number of carbonyl (C=O) groups excluding carboxylic acids is 1. The number of ether oxygens (including phenoxy) is 1. The number of hydrogen-bond donors (Lipinski definition) is 1. The van der Waals surface area contributed by atoms with E-state index in [-0.39, 0.29) is 17.4 Å². The molecular weight excluding hydrogens is 197 g/mol. The quantitative estimate of drug-likeness (QED) is 0.603. The molecule has 0 spiro atoms. The van der Waals surface area contributed by atoms with Crippen molar-refractivity contribution in [1.29, 1.82) is 0 Å². The van der Waals surface area contributed by atoms with Crippen LogP contribution in [-0.4, -0.2) is 12.1 Å². The number of halogens is 1. The van der Waals surface area contributed by atoms with E-state index in [0.717, 1.165) is 6.07 Å². The Hall–Kier alpha value is -1.58. The van der Waals surface area contributed by atoms with Crippen LogP contribution in [0.2, 0.25) is 0 Å². The van der Waals surface area contributed by atoms with E-state index in [0.29, 0.717) is 5.56 Å². The Labute approximate surface area is 88.0 Å². The summed E-state index contributed by atoms with van der Waals surface area (Å²) in [6.45, 7) is 5.03. The van der Waals surface area contributed by atoms with Crippen molar-refractivity contribution < 1.29 is 13.9 Å². The molecule has 0 atom stereocenters. The maximum atomic E-state index is 13.2. The molecule has 0 amide bonds. The van der Waals surface area contributed by atoms with Gasteiger partial charge in [-0.25, -0.2) is 9.18 Å². The highest BCUT2D eigenvalue weighted by Crippen LogP contribution is 2.18. The van der Waals surface area contributed by atoms with E-state index in [1.807, 2.05) is 0 Å². The third-order valence-electron chi connectivity index (χ3n) is 1.89. The van der Waals surface area contributed by atoms with E-state index in [4.69, 9.17) is 10.5 Å². The number of nitrogens with two attached hydrogens (primary N) is 1. The smallest absolute Gasteiger partial charge is 0.340 e. The van der Waals surface area contributed by atoms with E-state index in [1.165, 1.54) is 6.07 Å². The van der Waals surface area contributed by atoms with Gasteiger partial charge in [-0.3, -0.25) is 0 Å². The van der Waals surface area contributed by atoms with Crippen molar-refractivity contribution in [2.45, 2.75) is 26.9 Å². The van der Waals surface area contributed by atoms with E-state index in [1.54, 1.807) is 20.8 Å². The minimum Gasteiger partial charge on any atom is -0.459 e. The van der Waals surface area contributed by atoms with Gasteiger partial charge in [0.05, 0.1) is 11.7 Å². The van der Waals surface area contributed by atoms with Gasteiger partial charge in [-0.05, 0) is 38.5 Å². The van der Waals surface area contributed by atoms with Crippen molar-refractivity contribution in [3.63, 3.8) is 0 Å². The standard InChI is InChI=1S/C11H14FNO2/c1-6(2)15-11(14)8-5-9(12)7(3)4-10(8)13/h4-6H,13H2,1-3H3. The lowest BCUT2D eigenvalue weighted by atomic mass is 10.1. The SMILES string of the molecule is Cc1cc(N)c(C(=O)OC(C)C)cc1F. The molecule has 82 valence electrons. The molecule has 0 saturated carbocycles. The Morgan fingerprint density at radius 1 is 1.47 bits per heavy atom. The third kappa shape index (κ3) is 2.68. The molecule has 3 nitrogen and oxygen atoms in total. The number of carbonyl (C=O) groups is 1. The molecule has 0 bridgehead atoms. The number of aryl methyl sites for hydroxylation is 1. The number of hydrogen-bond acceptors (Lipinski definition) is 3. The minimum atomic E-state index is -0.596. The summed E-state index contributed by atoms with van der Waals surface area (Å²) in [5.74, 6) is -1.05. The Morgan fingerprint density at radius 2 is 2.07 bits per heavy atom. The summed E-state index contributed by atoms with van der Waals surface area (Å²) in [7, 11) is 0. The highest BCUT2D eigenvalue weighted by Gasteiger charge is 2.15. The maximum Gasteiger partial charge on any atom is 0.340 e. The molecule has 1 aromatic carbocycles. The first-order valence-corrected chi connectivity index (χ1v) is 4.68. The van der Waals surface area contributed by atoms with Gasteiger partial charge in [-0.2, -0.15) is 0 Å². The zero-order valence-corrected chi connectivity index (χ0v) is 9.00. The van der Waals surface area contributed by atoms with E-state index < -0.39 is 11.8 Å². The minimum absolute atomic E-state index is 0.0757. The average Bonchev–Trinajstić information content (AvgIpc) is 2.09. The molecule has 0 saturated heterocycles. The largest absolute Gasteiger partial charge is 0.459 e. The van der Waals surface area contributed by atoms with Crippen LogP contribution in [0.5, 0.6) is 0 Å². The summed E-state index contributed by atoms with van der Waals surface area (Å²) in [6.07, 6.45) is -0.249. The zero-order chi connectivity index (χ0) is 11.6. The summed E-state index contributed by atoms with van der Waals surface area (Å²) >= 11 is 0. The van der Waals surface area contributed by atoms with Gasteiger partial charge in [0, 0.05) is 5.69 Å². The van der Waals surface area contributed by atoms with Crippen molar-refractivity contribution in [2.75, 3.05) is 5.73 Å². The van der Waals surface area contributed by atoms with Gasteiger partial charge in [0.1, 0.15) is 5.82 Å². The number of nitrogen functional groups attached to an aromatic ring is 1. The van der Waals surface area contributed by atoms with Crippen LogP contribution in [0, 0.1) is 12.7 Å². The molecule has 0 aliphatic carbocycles. The lowest BCUT2D eigenvalue weighted by molar-refractivity contribution is 0.0378. The fraction of sp³-hybridized carbons (Fsp3) is 0.364. The number of rotatable bonds is 2. The van der Waals surface area contributed by atoms with Crippen molar-refractivity contribution in [1.82, 2.24) is 0 Å². The molecule has 0 fully saturated rings. The molecule has 2 N–H and O–H groups in total. The van der Waals surface area contributed by atoms with Crippen molar-refractivity contribution in [3.05, 3.63) is 29.1 Å². The van der Waals surface area contributed by atoms with Crippen LogP contribution in [0.3, 0.4) is 0 Å². The fourth-order valence-electron chi connectivity index (χ4n) is 1.16. The molecule has 0 unspecified atom stereocenters. The van der Waals surface area contributed by atoms with Gasteiger partial charge in [-0.1, -0.05) is 0 Å². The van der Waals surface area contributed by atoms with Crippen LogP contribution in [0.25, 0.3) is 0 Å². The van der Waals surface area contributed by atoms with Gasteiger partial charge < -0.3 is 10.5 Å². The van der Waals surface area contributed by atoms with Crippen molar-refractivity contribution >= 4 is 11.7 Å². The Morgan fingerprint density at radius 3 is 2.60 bits per heavy atom. The zero-order valence-electron chi connectivity index (χ0n) is 9.00. The van der Waals surface area contributed by atoms with Gasteiger partial charge in [-0.15, -0.1) is 0 Å². The third-order valence-corrected chi connectivity index (χ3v) is 1.89. The predicted molar refractivity (Wildman–Crippen MR) is 56.1 cm³/mol. The van der Waals surface area contributed by atoms with Gasteiger partial charge >= 0.3 is 5.97 Å². The summed E-state index contributed by atoms with van der Waals surface area (Å²) in [6, 6.07) is 2.53. The molecular formula is C11H14FNO2. The average molecular weight is 211 g/mol. The second-order valence-electron chi connectivity index (χ2n) is 3.64. The second-order valence-corrected chi connectivity index (χ2v) is 3.64. The summed E-state index contributed by atoms with van der Waals surface area (Å²) in [5, 5.41) is 0.